The topological polar surface area (TPSA) is 18.1 Å². The SMILES string of the molecule is Ic1ccc2oc3cccc(-c4ccc5c(c4)c4ccccc4n5-c4ccccc4)c3c2c1. The first-order chi connectivity index (χ1) is 16.3. The third-order valence-corrected chi connectivity index (χ3v) is 7.13. The number of furan rings is 1. The highest BCUT2D eigenvalue weighted by atomic mass is 127. The first-order valence-corrected chi connectivity index (χ1v) is 12.1. The van der Waals surface area contributed by atoms with E-state index in [1.165, 1.54) is 53.0 Å². The van der Waals surface area contributed by atoms with Gasteiger partial charge in [0.1, 0.15) is 11.2 Å². The van der Waals surface area contributed by atoms with Gasteiger partial charge in [-0.2, -0.15) is 0 Å². The Labute approximate surface area is 204 Å². The molecule has 7 rings (SSSR count). The second kappa shape index (κ2) is 7.22. The lowest BCUT2D eigenvalue weighted by Crippen LogP contribution is -1.92. The van der Waals surface area contributed by atoms with E-state index in [9.17, 15) is 0 Å². The van der Waals surface area contributed by atoms with E-state index in [1.807, 2.05) is 0 Å². The number of fused-ring (bicyclic) bond motifs is 6. The minimum absolute atomic E-state index is 0.927. The quantitative estimate of drug-likeness (QED) is 0.202. The number of nitrogens with zero attached hydrogens (tertiary/aromatic N) is 1. The Morgan fingerprint density at radius 3 is 2.30 bits per heavy atom. The molecule has 0 radical (unpaired) electrons. The van der Waals surface area contributed by atoms with Crippen LogP contribution in [0.3, 0.4) is 0 Å². The number of hydrogen-bond acceptors (Lipinski definition) is 1. The van der Waals surface area contributed by atoms with E-state index in [4.69, 9.17) is 4.42 Å². The molecule has 156 valence electrons. The minimum atomic E-state index is 0.927. The number of hydrogen-bond donors (Lipinski definition) is 0. The molecule has 0 saturated heterocycles. The Balaban J connectivity index is 1.55. The number of benzene rings is 5. The maximum Gasteiger partial charge on any atom is 0.136 e. The van der Waals surface area contributed by atoms with Crippen LogP contribution in [0.1, 0.15) is 0 Å². The van der Waals surface area contributed by atoms with E-state index in [0.29, 0.717) is 0 Å². The summed E-state index contributed by atoms with van der Waals surface area (Å²) >= 11 is 2.37. The average molecular weight is 535 g/mol. The molecule has 0 amide bonds. The van der Waals surface area contributed by atoms with Gasteiger partial charge in [-0.25, -0.2) is 0 Å². The van der Waals surface area contributed by atoms with Gasteiger partial charge in [0.05, 0.1) is 11.0 Å². The van der Waals surface area contributed by atoms with Gasteiger partial charge in [-0.3, -0.25) is 0 Å². The van der Waals surface area contributed by atoms with Crippen LogP contribution >= 0.6 is 22.6 Å². The number of aromatic nitrogens is 1. The average Bonchev–Trinajstić information content (AvgIpc) is 3.39. The van der Waals surface area contributed by atoms with Crippen molar-refractivity contribution in [2.45, 2.75) is 0 Å². The van der Waals surface area contributed by atoms with Crippen LogP contribution in [-0.2, 0) is 0 Å². The molecule has 2 heterocycles. The largest absolute Gasteiger partial charge is 0.456 e. The van der Waals surface area contributed by atoms with Crippen LogP contribution in [0.5, 0.6) is 0 Å². The van der Waals surface area contributed by atoms with Crippen LogP contribution in [0.25, 0.3) is 60.6 Å². The fourth-order valence-electron chi connectivity index (χ4n) is 5.04. The van der Waals surface area contributed by atoms with E-state index in [1.54, 1.807) is 0 Å². The fraction of sp³-hybridized carbons (Fsp3) is 0. The van der Waals surface area contributed by atoms with E-state index in [0.717, 1.165) is 11.2 Å². The third-order valence-electron chi connectivity index (χ3n) is 6.46. The van der Waals surface area contributed by atoms with Gasteiger partial charge in [-0.05, 0) is 88.3 Å². The van der Waals surface area contributed by atoms with Gasteiger partial charge in [0, 0.05) is 30.8 Å². The van der Waals surface area contributed by atoms with E-state index >= 15 is 0 Å². The normalized spacial score (nSPS) is 11.8. The Morgan fingerprint density at radius 1 is 0.576 bits per heavy atom. The van der Waals surface area contributed by atoms with E-state index in [2.05, 4.69) is 136 Å². The van der Waals surface area contributed by atoms with Crippen molar-refractivity contribution in [2.75, 3.05) is 0 Å². The Kier molecular flexibility index (Phi) is 4.15. The van der Waals surface area contributed by atoms with E-state index in [-0.39, 0.29) is 0 Å². The van der Waals surface area contributed by atoms with Gasteiger partial charge in [-0.15, -0.1) is 0 Å². The summed E-state index contributed by atoms with van der Waals surface area (Å²) < 4.78 is 9.74. The van der Waals surface area contributed by atoms with Gasteiger partial charge < -0.3 is 8.98 Å². The first kappa shape index (κ1) is 18.9. The van der Waals surface area contributed by atoms with Gasteiger partial charge in [-0.1, -0.05) is 54.6 Å². The van der Waals surface area contributed by atoms with Crippen molar-refractivity contribution in [3.05, 3.63) is 113 Å². The zero-order valence-corrected chi connectivity index (χ0v) is 19.8. The van der Waals surface area contributed by atoms with Crippen LogP contribution in [0.2, 0.25) is 0 Å². The molecule has 0 spiro atoms. The standard InChI is InChI=1S/C30H18INO/c31-20-14-16-28-25(18-20)30-22(10-6-12-29(30)33-28)19-13-15-27-24(17-19)23-9-4-5-11-26(23)32(27)21-7-2-1-3-8-21/h1-18H. The lowest BCUT2D eigenvalue weighted by Gasteiger charge is -2.08. The summed E-state index contributed by atoms with van der Waals surface area (Å²) in [4.78, 5) is 0. The molecule has 0 aliphatic carbocycles. The second-order valence-corrected chi connectivity index (χ2v) is 9.59. The van der Waals surface area contributed by atoms with Crippen molar-refractivity contribution in [2.24, 2.45) is 0 Å². The summed E-state index contributed by atoms with van der Waals surface area (Å²) in [6, 6.07) is 38.8. The predicted molar refractivity (Wildman–Crippen MR) is 146 cm³/mol. The maximum absolute atomic E-state index is 6.18. The third kappa shape index (κ3) is 2.85. The highest BCUT2D eigenvalue weighted by Crippen LogP contribution is 2.40. The molecule has 0 fully saturated rings. The highest BCUT2D eigenvalue weighted by Gasteiger charge is 2.16. The zero-order chi connectivity index (χ0) is 21.9. The summed E-state index contributed by atoms with van der Waals surface area (Å²) in [7, 11) is 0. The van der Waals surface area contributed by atoms with Crippen LogP contribution in [-0.4, -0.2) is 4.57 Å². The Morgan fingerprint density at radius 2 is 1.39 bits per heavy atom. The molecule has 2 nitrogen and oxygen atoms in total. The molecule has 2 aromatic heterocycles. The zero-order valence-electron chi connectivity index (χ0n) is 17.6. The van der Waals surface area contributed by atoms with Crippen molar-refractivity contribution >= 4 is 66.3 Å². The van der Waals surface area contributed by atoms with Gasteiger partial charge >= 0.3 is 0 Å². The molecule has 33 heavy (non-hydrogen) atoms. The molecular weight excluding hydrogens is 517 g/mol. The molecule has 0 atom stereocenters. The monoisotopic (exact) mass is 535 g/mol. The summed E-state index contributed by atoms with van der Waals surface area (Å²) in [5.74, 6) is 0. The summed E-state index contributed by atoms with van der Waals surface area (Å²) in [6.07, 6.45) is 0. The van der Waals surface area contributed by atoms with E-state index < -0.39 is 0 Å². The molecule has 0 N–H and O–H groups in total. The van der Waals surface area contributed by atoms with Crippen LogP contribution in [0.15, 0.2) is 114 Å². The second-order valence-electron chi connectivity index (χ2n) is 8.34. The molecule has 0 aliphatic heterocycles. The molecular formula is C30H18INO. The molecule has 0 saturated carbocycles. The lowest BCUT2D eigenvalue weighted by molar-refractivity contribution is 0.669. The van der Waals surface area contributed by atoms with Crippen molar-refractivity contribution in [3.63, 3.8) is 0 Å². The van der Waals surface area contributed by atoms with Crippen LogP contribution < -0.4 is 0 Å². The fourth-order valence-corrected chi connectivity index (χ4v) is 5.53. The number of rotatable bonds is 2. The smallest absolute Gasteiger partial charge is 0.136 e. The summed E-state index contributed by atoms with van der Waals surface area (Å²) in [5.41, 5.74) is 7.87. The van der Waals surface area contributed by atoms with Gasteiger partial charge in [0.15, 0.2) is 0 Å². The van der Waals surface area contributed by atoms with Crippen molar-refractivity contribution in [1.82, 2.24) is 4.57 Å². The maximum atomic E-state index is 6.18. The lowest BCUT2D eigenvalue weighted by atomic mass is 9.98. The van der Waals surface area contributed by atoms with Gasteiger partial charge in [0.25, 0.3) is 0 Å². The predicted octanol–water partition coefficient (Wildman–Crippen LogP) is 8.95. The van der Waals surface area contributed by atoms with Crippen molar-refractivity contribution in [1.29, 1.82) is 0 Å². The van der Waals surface area contributed by atoms with Crippen molar-refractivity contribution in [3.8, 4) is 16.8 Å². The minimum Gasteiger partial charge on any atom is -0.456 e. The molecule has 5 aromatic carbocycles. The molecule has 0 aliphatic rings. The Bertz CT molecular complexity index is 1830. The van der Waals surface area contributed by atoms with Crippen LogP contribution in [0, 0.1) is 3.57 Å². The van der Waals surface area contributed by atoms with Gasteiger partial charge in [0.2, 0.25) is 0 Å². The number of halogens is 1. The molecule has 0 unspecified atom stereocenters. The number of para-hydroxylation sites is 2. The summed E-state index contributed by atoms with van der Waals surface area (Å²) in [6.45, 7) is 0. The van der Waals surface area contributed by atoms with Crippen molar-refractivity contribution < 1.29 is 4.42 Å². The van der Waals surface area contributed by atoms with Crippen LogP contribution in [0.4, 0.5) is 0 Å². The highest BCUT2D eigenvalue weighted by molar-refractivity contribution is 14.1. The molecule has 3 heteroatoms. The molecule has 0 bridgehead atoms. The molecule has 7 aromatic rings. The Hall–Kier alpha value is -3.57. The first-order valence-electron chi connectivity index (χ1n) is 11.0. The summed E-state index contributed by atoms with van der Waals surface area (Å²) in [5, 5.41) is 4.86.